The van der Waals surface area contributed by atoms with E-state index in [1.807, 2.05) is 19.1 Å². The highest BCUT2D eigenvalue weighted by Crippen LogP contribution is 2.28. The average molecular weight is 471 g/mol. The molecule has 1 aliphatic rings. The number of hydrogen-bond donors (Lipinski definition) is 1. The largest absolute Gasteiger partial charge is 0.488 e. The Morgan fingerprint density at radius 3 is 2.51 bits per heavy atom. The maximum atomic E-state index is 13.3. The zero-order valence-corrected chi connectivity index (χ0v) is 18.8. The lowest BCUT2D eigenvalue weighted by molar-refractivity contribution is -0.384. The molecule has 0 unspecified atom stereocenters. The highest BCUT2D eigenvalue weighted by molar-refractivity contribution is 6.39. The Balaban J connectivity index is 1.64. The van der Waals surface area contributed by atoms with E-state index in [4.69, 9.17) is 4.74 Å². The first kappa shape index (κ1) is 23.4. The molecule has 0 aliphatic carbocycles. The molecule has 1 aliphatic heterocycles. The molecule has 9 nitrogen and oxygen atoms in total. The van der Waals surface area contributed by atoms with Crippen LogP contribution in [0.4, 0.5) is 16.2 Å². The van der Waals surface area contributed by atoms with Crippen molar-refractivity contribution in [2.45, 2.75) is 20.0 Å². The highest BCUT2D eigenvalue weighted by atomic mass is 16.6. The summed E-state index contributed by atoms with van der Waals surface area (Å²) in [6, 6.07) is 19.0. The second-order valence-electron chi connectivity index (χ2n) is 7.69. The number of para-hydroxylation sites is 2. The van der Waals surface area contributed by atoms with E-state index < -0.39 is 22.8 Å². The van der Waals surface area contributed by atoms with Crippen molar-refractivity contribution >= 4 is 35.3 Å². The van der Waals surface area contributed by atoms with Gasteiger partial charge in [-0.2, -0.15) is 0 Å². The van der Waals surface area contributed by atoms with E-state index in [1.54, 1.807) is 48.5 Å². The van der Waals surface area contributed by atoms with Gasteiger partial charge in [0.05, 0.1) is 10.6 Å². The third-order valence-corrected chi connectivity index (χ3v) is 5.45. The lowest BCUT2D eigenvalue weighted by Crippen LogP contribution is -2.54. The first-order chi connectivity index (χ1) is 16.9. The van der Waals surface area contributed by atoms with Gasteiger partial charge in [0.25, 0.3) is 17.5 Å². The number of aryl methyl sites for hydroxylation is 1. The number of nitro groups is 1. The molecule has 9 heteroatoms. The summed E-state index contributed by atoms with van der Waals surface area (Å²) in [4.78, 5) is 49.9. The van der Waals surface area contributed by atoms with Crippen molar-refractivity contribution in [2.24, 2.45) is 0 Å². The second kappa shape index (κ2) is 10.0. The van der Waals surface area contributed by atoms with Gasteiger partial charge in [0, 0.05) is 17.7 Å². The molecule has 0 radical (unpaired) electrons. The molecule has 3 aromatic carbocycles. The number of non-ortho nitro benzene ring substituents is 1. The molecule has 1 fully saturated rings. The zero-order chi connectivity index (χ0) is 24.9. The number of benzene rings is 3. The van der Waals surface area contributed by atoms with Gasteiger partial charge in [0.2, 0.25) is 0 Å². The number of carbonyl (C=O) groups excluding carboxylic acids is 3. The van der Waals surface area contributed by atoms with Gasteiger partial charge in [-0.1, -0.05) is 55.5 Å². The molecule has 0 saturated carbocycles. The quantitative estimate of drug-likeness (QED) is 0.236. The number of nitrogens with zero attached hydrogens (tertiary/aromatic N) is 2. The van der Waals surface area contributed by atoms with Crippen LogP contribution >= 0.6 is 0 Å². The summed E-state index contributed by atoms with van der Waals surface area (Å²) in [7, 11) is 0. The Bertz CT molecular complexity index is 1360. The van der Waals surface area contributed by atoms with Crippen LogP contribution in [0.1, 0.15) is 23.6 Å². The van der Waals surface area contributed by atoms with Crippen molar-refractivity contribution in [2.75, 3.05) is 4.90 Å². The lowest BCUT2D eigenvalue weighted by atomic mass is 10.0. The van der Waals surface area contributed by atoms with Crippen molar-refractivity contribution in [3.8, 4) is 5.75 Å². The van der Waals surface area contributed by atoms with Crippen molar-refractivity contribution in [1.82, 2.24) is 5.32 Å². The summed E-state index contributed by atoms with van der Waals surface area (Å²) in [6.45, 7) is 1.94. The highest BCUT2D eigenvalue weighted by Gasteiger charge is 2.37. The van der Waals surface area contributed by atoms with Crippen LogP contribution in [-0.4, -0.2) is 22.8 Å². The van der Waals surface area contributed by atoms with Crippen LogP contribution in [0, 0.1) is 10.1 Å². The normalized spacial score (nSPS) is 14.7. The fourth-order valence-corrected chi connectivity index (χ4v) is 3.71. The molecule has 0 spiro atoms. The Kier molecular flexibility index (Phi) is 6.68. The molecule has 4 amide bonds. The predicted molar refractivity (Wildman–Crippen MR) is 129 cm³/mol. The first-order valence-electron chi connectivity index (χ1n) is 10.8. The number of imide groups is 2. The van der Waals surface area contributed by atoms with Crippen molar-refractivity contribution < 1.29 is 24.0 Å². The third-order valence-electron chi connectivity index (χ3n) is 5.45. The van der Waals surface area contributed by atoms with Gasteiger partial charge < -0.3 is 4.74 Å². The van der Waals surface area contributed by atoms with Gasteiger partial charge in [-0.05, 0) is 35.8 Å². The van der Waals surface area contributed by atoms with E-state index in [0.717, 1.165) is 10.5 Å². The Labute approximate surface area is 200 Å². The first-order valence-corrected chi connectivity index (χ1v) is 10.8. The molecule has 1 N–H and O–H groups in total. The monoisotopic (exact) mass is 471 g/mol. The Morgan fingerprint density at radius 2 is 1.74 bits per heavy atom. The third kappa shape index (κ3) is 4.93. The number of amides is 4. The van der Waals surface area contributed by atoms with Crippen LogP contribution in [0.2, 0.25) is 0 Å². The van der Waals surface area contributed by atoms with Crippen molar-refractivity contribution in [1.29, 1.82) is 0 Å². The molecule has 35 heavy (non-hydrogen) atoms. The molecular weight excluding hydrogens is 450 g/mol. The molecule has 1 heterocycles. The lowest BCUT2D eigenvalue weighted by Gasteiger charge is -2.28. The standard InChI is InChI=1S/C26H21N3O6/c1-2-18-9-3-5-12-22(18)28-25(31)21(24(30)27-26(28)32)15-19-10-4-6-13-23(19)35-16-17-8-7-11-20(14-17)29(33)34/h3-15H,2,16H2,1H3,(H,27,30,32)/b21-15-. The topological polar surface area (TPSA) is 119 Å². The molecule has 1 saturated heterocycles. The van der Waals surface area contributed by atoms with Crippen LogP contribution in [-0.2, 0) is 22.6 Å². The molecular formula is C26H21N3O6. The average Bonchev–Trinajstić information content (AvgIpc) is 2.86. The van der Waals surface area contributed by atoms with Crippen LogP contribution < -0.4 is 15.0 Å². The fourth-order valence-electron chi connectivity index (χ4n) is 3.71. The minimum atomic E-state index is -0.812. The maximum absolute atomic E-state index is 13.3. The van der Waals surface area contributed by atoms with Gasteiger partial charge in [-0.15, -0.1) is 0 Å². The summed E-state index contributed by atoms with van der Waals surface area (Å²) >= 11 is 0. The molecule has 0 aromatic heterocycles. The molecule has 0 bridgehead atoms. The van der Waals surface area contributed by atoms with E-state index in [0.29, 0.717) is 29.0 Å². The van der Waals surface area contributed by atoms with Crippen LogP contribution in [0.15, 0.2) is 78.4 Å². The van der Waals surface area contributed by atoms with Gasteiger partial charge in [-0.3, -0.25) is 25.0 Å². The van der Waals surface area contributed by atoms with Gasteiger partial charge in [-0.25, -0.2) is 9.69 Å². The van der Waals surface area contributed by atoms with Crippen LogP contribution in [0.5, 0.6) is 5.75 Å². The predicted octanol–water partition coefficient (Wildman–Crippen LogP) is 4.40. The van der Waals surface area contributed by atoms with Crippen molar-refractivity contribution in [3.63, 3.8) is 0 Å². The summed E-state index contributed by atoms with van der Waals surface area (Å²) in [6.07, 6.45) is 1.96. The van der Waals surface area contributed by atoms with E-state index >= 15 is 0 Å². The van der Waals surface area contributed by atoms with E-state index in [-0.39, 0.29) is 17.9 Å². The maximum Gasteiger partial charge on any atom is 0.335 e. The number of hydrogen-bond acceptors (Lipinski definition) is 6. The summed E-state index contributed by atoms with van der Waals surface area (Å²) < 4.78 is 5.85. The number of nitro benzene ring substituents is 1. The van der Waals surface area contributed by atoms with Gasteiger partial charge in [0.15, 0.2) is 0 Å². The van der Waals surface area contributed by atoms with E-state index in [9.17, 15) is 24.5 Å². The SMILES string of the molecule is CCc1ccccc1N1C(=O)NC(=O)/C(=C/c2ccccc2OCc2cccc([N+](=O)[O-])c2)C1=O. The summed E-state index contributed by atoms with van der Waals surface area (Å²) in [5.74, 6) is -1.18. The van der Waals surface area contributed by atoms with E-state index in [2.05, 4.69) is 5.32 Å². The summed E-state index contributed by atoms with van der Waals surface area (Å²) in [5, 5.41) is 13.2. The number of anilines is 1. The van der Waals surface area contributed by atoms with Gasteiger partial charge >= 0.3 is 6.03 Å². The number of carbonyl (C=O) groups is 3. The minimum Gasteiger partial charge on any atom is -0.488 e. The number of ether oxygens (including phenoxy) is 1. The number of barbiturate groups is 1. The molecule has 0 atom stereocenters. The number of urea groups is 1. The fraction of sp³-hybridized carbons (Fsp3) is 0.115. The minimum absolute atomic E-state index is 0.0382. The van der Waals surface area contributed by atoms with E-state index in [1.165, 1.54) is 18.2 Å². The van der Waals surface area contributed by atoms with Crippen molar-refractivity contribution in [3.05, 3.63) is 105 Å². The Hall–Kier alpha value is -4.79. The Morgan fingerprint density at radius 1 is 1.00 bits per heavy atom. The zero-order valence-electron chi connectivity index (χ0n) is 18.8. The summed E-state index contributed by atoms with van der Waals surface area (Å²) in [5.41, 5.74) is 1.94. The molecule has 4 rings (SSSR count). The smallest absolute Gasteiger partial charge is 0.335 e. The number of nitrogens with one attached hydrogen (secondary N) is 1. The van der Waals surface area contributed by atoms with Crippen LogP contribution in [0.3, 0.4) is 0 Å². The van der Waals surface area contributed by atoms with Gasteiger partial charge in [0.1, 0.15) is 17.9 Å². The second-order valence-corrected chi connectivity index (χ2v) is 7.69. The number of rotatable bonds is 7. The molecule has 3 aromatic rings. The molecule has 176 valence electrons. The van der Waals surface area contributed by atoms with Crippen LogP contribution in [0.25, 0.3) is 6.08 Å².